The minimum atomic E-state index is -2.78. The van der Waals surface area contributed by atoms with Crippen LogP contribution in [-0.2, 0) is 27.9 Å². The Balaban J connectivity index is 0.829. The zero-order valence-electron chi connectivity index (χ0n) is 33.8. The van der Waals surface area contributed by atoms with Gasteiger partial charge in [0, 0.05) is 59.4 Å². The lowest BCUT2D eigenvalue weighted by molar-refractivity contribution is 0.554. The Labute approximate surface area is 347 Å². The topological polar surface area (TPSA) is 213 Å². The standard InChI is InChI=1S/C40H39N17O2P2/c1-25(56-39-37(49-51-56)42-17-34(47-39)30-15-44-54(20-30)23-60(3,4)58)27-7-10-33-28(14-27)6-9-32(46-33)22-61(5,59)24-55-21-31(16-45-55)35-18-43-38-40(48-35)57(52-50-38)26(2)29-8-11-36-41-12-13-53(36)19-29/h6-21,25-26H,22-24H2,1-5H3. The summed E-state index contributed by atoms with van der Waals surface area (Å²) in [5, 5.41) is 27.1. The molecule has 3 atom stereocenters. The molecule has 0 amide bonds. The molecule has 306 valence electrons. The van der Waals surface area contributed by atoms with E-state index in [0.717, 1.165) is 44.5 Å². The molecule has 0 radical (unpaired) electrons. The number of fused-ring (bicyclic) bond motifs is 4. The predicted octanol–water partition coefficient (Wildman–Crippen LogP) is 6.63. The van der Waals surface area contributed by atoms with Gasteiger partial charge >= 0.3 is 0 Å². The molecule has 0 aliphatic heterocycles. The average molecular weight is 852 g/mol. The number of benzene rings is 1. The van der Waals surface area contributed by atoms with Gasteiger partial charge in [0.1, 0.15) is 19.9 Å². The highest BCUT2D eigenvalue weighted by molar-refractivity contribution is 7.61. The summed E-state index contributed by atoms with van der Waals surface area (Å²) in [6.45, 7) is 9.31. The van der Waals surface area contributed by atoms with Crippen LogP contribution in [0.1, 0.15) is 42.8 Å². The van der Waals surface area contributed by atoms with Crippen LogP contribution in [0.3, 0.4) is 0 Å². The van der Waals surface area contributed by atoms with Crippen molar-refractivity contribution in [2.45, 2.75) is 44.7 Å². The number of pyridine rings is 2. The van der Waals surface area contributed by atoms with Gasteiger partial charge in [0.2, 0.25) is 11.3 Å². The normalized spacial score (nSPS) is 14.3. The van der Waals surface area contributed by atoms with Crippen LogP contribution in [0.15, 0.2) is 98.2 Å². The second-order valence-electron chi connectivity index (χ2n) is 16.0. The van der Waals surface area contributed by atoms with E-state index < -0.39 is 14.3 Å². The van der Waals surface area contributed by atoms with E-state index in [-0.39, 0.29) is 18.4 Å². The number of imidazole rings is 1. The van der Waals surface area contributed by atoms with E-state index in [4.69, 9.17) is 15.0 Å². The Morgan fingerprint density at radius 2 is 1.28 bits per heavy atom. The summed E-state index contributed by atoms with van der Waals surface area (Å²) in [6.07, 6.45) is 16.9. The molecule has 10 aromatic rings. The number of rotatable bonds is 12. The lowest BCUT2D eigenvalue weighted by atomic mass is 10.1. The van der Waals surface area contributed by atoms with Crippen LogP contribution in [-0.4, -0.2) is 104 Å². The van der Waals surface area contributed by atoms with E-state index in [1.807, 2.05) is 79.4 Å². The van der Waals surface area contributed by atoms with Crippen LogP contribution in [0.5, 0.6) is 0 Å². The van der Waals surface area contributed by atoms with Crippen LogP contribution in [0.4, 0.5) is 0 Å². The van der Waals surface area contributed by atoms with Crippen molar-refractivity contribution in [2.24, 2.45) is 0 Å². The van der Waals surface area contributed by atoms with Gasteiger partial charge in [0.15, 0.2) is 11.3 Å². The third-order valence-electron chi connectivity index (χ3n) is 10.5. The lowest BCUT2D eigenvalue weighted by Gasteiger charge is -2.15. The van der Waals surface area contributed by atoms with Crippen molar-refractivity contribution in [1.82, 2.24) is 83.9 Å². The van der Waals surface area contributed by atoms with E-state index in [9.17, 15) is 9.13 Å². The first kappa shape index (κ1) is 38.4. The molecule has 0 fully saturated rings. The number of hydrogen-bond donors (Lipinski definition) is 0. The molecule has 21 heteroatoms. The van der Waals surface area contributed by atoms with Gasteiger partial charge in [-0.15, -0.1) is 10.2 Å². The summed E-state index contributed by atoms with van der Waals surface area (Å²) < 4.78 is 35.2. The minimum absolute atomic E-state index is 0.163. The van der Waals surface area contributed by atoms with Gasteiger partial charge in [0.05, 0.1) is 66.3 Å². The van der Waals surface area contributed by atoms with Crippen molar-refractivity contribution in [3.05, 3.63) is 115 Å². The number of hydrogen-bond acceptors (Lipinski definition) is 14. The van der Waals surface area contributed by atoms with Crippen LogP contribution in [0, 0.1) is 0 Å². The SMILES string of the molecule is CC(c1ccc2nc(CP(C)(=O)Cn3cc(-c4cnc5nnn(C(C)c6ccc7nccn7c6)c5n4)cn3)ccc2c1)n1nnc2ncc(-c3cnn(CP(C)(C)=O)c3)nc21. The Bertz CT molecular complexity index is 3380. The van der Waals surface area contributed by atoms with Crippen molar-refractivity contribution >= 4 is 53.4 Å². The van der Waals surface area contributed by atoms with Crippen molar-refractivity contribution < 1.29 is 9.13 Å². The van der Waals surface area contributed by atoms with Crippen molar-refractivity contribution in [1.29, 1.82) is 0 Å². The lowest BCUT2D eigenvalue weighted by Crippen LogP contribution is -2.10. The first-order valence-electron chi connectivity index (χ1n) is 19.5. The Morgan fingerprint density at radius 1 is 0.656 bits per heavy atom. The largest absolute Gasteiger partial charge is 0.322 e. The maximum Gasteiger partial charge on any atom is 0.221 e. The predicted molar refractivity (Wildman–Crippen MR) is 230 cm³/mol. The molecule has 0 spiro atoms. The molecule has 10 rings (SSSR count). The van der Waals surface area contributed by atoms with Crippen LogP contribution < -0.4 is 0 Å². The molecular formula is C40H39N17O2P2. The van der Waals surface area contributed by atoms with Gasteiger partial charge < -0.3 is 13.5 Å². The third-order valence-corrected chi connectivity index (χ3v) is 13.4. The third kappa shape index (κ3) is 7.62. The summed E-state index contributed by atoms with van der Waals surface area (Å²) in [5.41, 5.74) is 9.08. The van der Waals surface area contributed by atoms with Crippen LogP contribution in [0.2, 0.25) is 0 Å². The molecule has 0 bridgehead atoms. The monoisotopic (exact) mass is 851 g/mol. The van der Waals surface area contributed by atoms with Crippen molar-refractivity contribution in [3.63, 3.8) is 0 Å². The highest BCUT2D eigenvalue weighted by Crippen LogP contribution is 2.46. The summed E-state index contributed by atoms with van der Waals surface area (Å²) in [7, 11) is -5.09. The van der Waals surface area contributed by atoms with Crippen LogP contribution in [0.25, 0.3) is 61.7 Å². The Kier molecular flexibility index (Phi) is 9.25. The van der Waals surface area contributed by atoms with Gasteiger partial charge in [-0.1, -0.05) is 28.6 Å². The fourth-order valence-corrected chi connectivity index (χ4v) is 10.0. The highest BCUT2D eigenvalue weighted by Gasteiger charge is 2.22. The fraction of sp³-hybridized carbons (Fsp3) is 0.250. The summed E-state index contributed by atoms with van der Waals surface area (Å²) in [5.74, 6) is 0. The van der Waals surface area contributed by atoms with E-state index in [0.29, 0.717) is 46.4 Å². The molecule has 9 aromatic heterocycles. The van der Waals surface area contributed by atoms with Gasteiger partial charge in [-0.3, -0.25) is 14.3 Å². The molecule has 0 saturated heterocycles. The maximum absolute atomic E-state index is 14.0. The quantitative estimate of drug-likeness (QED) is 0.118. The smallest absolute Gasteiger partial charge is 0.221 e. The molecule has 9 heterocycles. The molecule has 0 aliphatic rings. The zero-order chi connectivity index (χ0) is 42.0. The molecular weight excluding hydrogens is 813 g/mol. The van der Waals surface area contributed by atoms with Crippen LogP contribution >= 0.6 is 14.3 Å². The minimum Gasteiger partial charge on any atom is -0.322 e. The number of aromatic nitrogens is 17. The van der Waals surface area contributed by atoms with Crippen molar-refractivity contribution in [3.8, 4) is 22.5 Å². The first-order valence-corrected chi connectivity index (χ1v) is 24.8. The molecule has 0 saturated carbocycles. The summed E-state index contributed by atoms with van der Waals surface area (Å²) in [4.78, 5) is 28.0. The highest BCUT2D eigenvalue weighted by atomic mass is 31.2. The van der Waals surface area contributed by atoms with Gasteiger partial charge in [0.25, 0.3) is 0 Å². The molecule has 0 N–H and O–H groups in total. The average Bonchev–Trinajstić information content (AvgIpc) is 4.09. The Morgan fingerprint density at radius 3 is 1.93 bits per heavy atom. The van der Waals surface area contributed by atoms with Gasteiger partial charge in [-0.25, -0.2) is 34.3 Å². The maximum atomic E-state index is 14.0. The van der Waals surface area contributed by atoms with Crippen molar-refractivity contribution in [2.75, 3.05) is 20.0 Å². The summed E-state index contributed by atoms with van der Waals surface area (Å²) >= 11 is 0. The molecule has 0 aliphatic carbocycles. The zero-order valence-corrected chi connectivity index (χ0v) is 35.6. The molecule has 19 nitrogen and oxygen atoms in total. The second kappa shape index (κ2) is 14.7. The van der Waals surface area contributed by atoms with Gasteiger partial charge in [-0.05, 0) is 69.2 Å². The number of nitrogens with zero attached hydrogens (tertiary/aromatic N) is 17. The van der Waals surface area contributed by atoms with Gasteiger partial charge in [-0.2, -0.15) is 10.2 Å². The van der Waals surface area contributed by atoms with E-state index in [1.54, 1.807) is 69.7 Å². The van der Waals surface area contributed by atoms with E-state index in [2.05, 4.69) is 51.8 Å². The Hall–Kier alpha value is -6.84. The second-order valence-corrected chi connectivity index (χ2v) is 22.6. The van der Waals surface area contributed by atoms with E-state index in [1.165, 1.54) is 0 Å². The summed E-state index contributed by atoms with van der Waals surface area (Å²) in [6, 6.07) is 13.6. The molecule has 61 heavy (non-hydrogen) atoms. The first-order chi connectivity index (χ1) is 29.3. The fourth-order valence-electron chi connectivity index (χ4n) is 7.46. The molecule has 1 aromatic carbocycles. The molecule has 3 unspecified atom stereocenters. The van der Waals surface area contributed by atoms with E-state index >= 15 is 0 Å².